The van der Waals surface area contributed by atoms with Gasteiger partial charge in [0, 0.05) is 19.6 Å². The summed E-state index contributed by atoms with van der Waals surface area (Å²) in [6.45, 7) is 1.62. The molecule has 0 aromatic carbocycles. The molecule has 7 nitrogen and oxygen atoms in total. The molecule has 0 aromatic heterocycles. The van der Waals surface area contributed by atoms with Crippen molar-refractivity contribution in [2.75, 3.05) is 19.5 Å². The molecule has 0 aliphatic heterocycles. The Kier molecular flexibility index (Phi) is 7.77. The number of carboxylic acids is 1. The predicted molar refractivity (Wildman–Crippen MR) is 61.5 cm³/mol. The van der Waals surface area contributed by atoms with Crippen LogP contribution in [0.4, 0.5) is 13.2 Å². The second-order valence-corrected chi connectivity index (χ2v) is 4.77. The molecule has 0 rings (SSSR count). The number of rotatable bonds is 8. The fraction of sp³-hybridized carbons (Fsp3) is 0.778. The fourth-order valence-electron chi connectivity index (χ4n) is 1.38. The van der Waals surface area contributed by atoms with Crippen LogP contribution in [-0.4, -0.2) is 58.5 Å². The molecule has 0 aliphatic carbocycles. The first-order valence-corrected chi connectivity index (χ1v) is 7.07. The third-order valence-electron chi connectivity index (χ3n) is 2.21. The van der Waals surface area contributed by atoms with Gasteiger partial charge in [-0.05, 0) is 6.92 Å². The second-order valence-electron chi connectivity index (χ2n) is 3.66. The molecule has 0 bridgehead atoms. The van der Waals surface area contributed by atoms with Gasteiger partial charge in [-0.25, -0.2) is 4.79 Å². The maximum Gasteiger partial charge on any atom is 0.471 e. The van der Waals surface area contributed by atoms with Crippen LogP contribution in [-0.2, 0) is 18.9 Å². The molecule has 0 radical (unpaired) electrons. The third kappa shape index (κ3) is 6.36. The van der Waals surface area contributed by atoms with Crippen molar-refractivity contribution in [1.29, 1.82) is 0 Å². The van der Waals surface area contributed by atoms with Crippen molar-refractivity contribution in [2.45, 2.75) is 25.6 Å². The van der Waals surface area contributed by atoms with Gasteiger partial charge in [0.25, 0.3) is 0 Å². The Hall–Kier alpha value is -1.12. The molecule has 0 spiro atoms. The maximum atomic E-state index is 12.4. The molecule has 118 valence electrons. The Labute approximate surface area is 113 Å². The molecule has 2 N–H and O–H groups in total. The summed E-state index contributed by atoms with van der Waals surface area (Å²) in [5, 5.41) is 8.88. The SMILES string of the molecule is CCOCCC(C(=O)O)N(C[PH](=O)O)C(=O)C(F)(F)F. The van der Waals surface area contributed by atoms with Crippen molar-refractivity contribution in [1.82, 2.24) is 4.90 Å². The van der Waals surface area contributed by atoms with Gasteiger partial charge >= 0.3 is 18.1 Å². The van der Waals surface area contributed by atoms with Crippen LogP contribution in [0.2, 0.25) is 0 Å². The van der Waals surface area contributed by atoms with Crippen LogP contribution in [0, 0.1) is 0 Å². The summed E-state index contributed by atoms with van der Waals surface area (Å²) < 4.78 is 52.6. The van der Waals surface area contributed by atoms with Crippen molar-refractivity contribution in [2.24, 2.45) is 0 Å². The number of halogens is 3. The smallest absolute Gasteiger partial charge is 0.471 e. The van der Waals surface area contributed by atoms with Gasteiger partial charge in [0.05, 0.1) is 6.29 Å². The largest absolute Gasteiger partial charge is 0.480 e. The quantitative estimate of drug-likeness (QED) is 0.503. The third-order valence-corrected chi connectivity index (χ3v) is 2.82. The lowest BCUT2D eigenvalue weighted by Crippen LogP contribution is -2.50. The first kappa shape index (κ1) is 18.9. The van der Waals surface area contributed by atoms with Gasteiger partial charge in [0.1, 0.15) is 6.04 Å². The Morgan fingerprint density at radius 3 is 2.30 bits per heavy atom. The number of hydrogen-bond acceptors (Lipinski definition) is 4. The minimum absolute atomic E-state index is 0.150. The highest BCUT2D eigenvalue weighted by Gasteiger charge is 2.46. The van der Waals surface area contributed by atoms with E-state index in [1.54, 1.807) is 6.92 Å². The molecule has 2 atom stereocenters. The molecule has 0 heterocycles. The van der Waals surface area contributed by atoms with Crippen molar-refractivity contribution in [3.63, 3.8) is 0 Å². The maximum absolute atomic E-state index is 12.4. The van der Waals surface area contributed by atoms with E-state index in [0.29, 0.717) is 0 Å². The van der Waals surface area contributed by atoms with E-state index < -0.39 is 44.8 Å². The summed E-state index contributed by atoms with van der Waals surface area (Å²) in [7, 11) is -3.49. The van der Waals surface area contributed by atoms with E-state index in [0.717, 1.165) is 0 Å². The standard InChI is InChI=1S/C9H15F3NO6P/c1-2-19-4-3-6(7(14)15)13(5-20(17)18)8(16)9(10,11)12/h6,20H,2-5H2,1H3,(H,14,15)(H,17,18). The molecule has 0 saturated heterocycles. The number of alkyl halides is 3. The summed E-state index contributed by atoms with van der Waals surface area (Å²) in [5.41, 5.74) is 0. The summed E-state index contributed by atoms with van der Waals surface area (Å²) >= 11 is 0. The molecule has 0 aliphatic rings. The molecular weight excluding hydrogens is 306 g/mol. The highest BCUT2D eigenvalue weighted by atomic mass is 31.1. The van der Waals surface area contributed by atoms with Gasteiger partial charge in [0.2, 0.25) is 8.03 Å². The number of aliphatic carboxylic acids is 1. The first-order valence-electron chi connectivity index (χ1n) is 5.51. The zero-order valence-electron chi connectivity index (χ0n) is 10.5. The zero-order valence-corrected chi connectivity index (χ0v) is 11.5. The van der Waals surface area contributed by atoms with E-state index in [2.05, 4.69) is 0 Å². The highest BCUT2D eigenvalue weighted by Crippen LogP contribution is 2.26. The fourth-order valence-corrected chi connectivity index (χ4v) is 2.04. The summed E-state index contributed by atoms with van der Waals surface area (Å²) in [6, 6.07) is -1.88. The zero-order chi connectivity index (χ0) is 15.9. The van der Waals surface area contributed by atoms with Gasteiger partial charge in [-0.2, -0.15) is 13.2 Å². The van der Waals surface area contributed by atoms with Gasteiger partial charge in [0.15, 0.2) is 0 Å². The molecule has 0 fully saturated rings. The molecule has 2 unspecified atom stereocenters. The molecule has 1 amide bonds. The predicted octanol–water partition coefficient (Wildman–Crippen LogP) is 0.682. The van der Waals surface area contributed by atoms with Crippen molar-refractivity contribution in [3.05, 3.63) is 0 Å². The lowest BCUT2D eigenvalue weighted by molar-refractivity contribution is -0.189. The molecule has 20 heavy (non-hydrogen) atoms. The Morgan fingerprint density at radius 2 is 1.95 bits per heavy atom. The van der Waals surface area contributed by atoms with E-state index in [9.17, 15) is 27.3 Å². The minimum atomic E-state index is -5.32. The number of carbonyl (C=O) groups is 2. The van der Waals surface area contributed by atoms with Crippen molar-refractivity contribution >= 4 is 19.9 Å². The Morgan fingerprint density at radius 1 is 1.40 bits per heavy atom. The van der Waals surface area contributed by atoms with Crippen LogP contribution < -0.4 is 0 Å². The van der Waals surface area contributed by atoms with Gasteiger partial charge in [-0.15, -0.1) is 0 Å². The van der Waals surface area contributed by atoms with Crippen LogP contribution in [0.5, 0.6) is 0 Å². The van der Waals surface area contributed by atoms with Gasteiger partial charge in [-0.3, -0.25) is 9.36 Å². The number of ether oxygens (including phenoxy) is 1. The Bertz CT molecular complexity index is 375. The van der Waals surface area contributed by atoms with Gasteiger partial charge < -0.3 is 19.6 Å². The summed E-state index contributed by atoms with van der Waals surface area (Å²) in [5.74, 6) is -4.17. The summed E-state index contributed by atoms with van der Waals surface area (Å²) in [6.07, 6.45) is -6.91. The van der Waals surface area contributed by atoms with Gasteiger partial charge in [-0.1, -0.05) is 0 Å². The van der Waals surface area contributed by atoms with E-state index >= 15 is 0 Å². The molecule has 0 saturated carbocycles. The van der Waals surface area contributed by atoms with E-state index in [4.69, 9.17) is 14.7 Å². The van der Waals surface area contributed by atoms with E-state index in [1.807, 2.05) is 0 Å². The average molecular weight is 321 g/mol. The second kappa shape index (κ2) is 8.23. The van der Waals surface area contributed by atoms with Crippen LogP contribution in [0.3, 0.4) is 0 Å². The number of hydrogen-bond donors (Lipinski definition) is 2. The van der Waals surface area contributed by atoms with Crippen molar-refractivity contribution < 1.29 is 42.1 Å². The lowest BCUT2D eigenvalue weighted by atomic mass is 10.2. The van der Waals surface area contributed by atoms with Crippen LogP contribution in [0.25, 0.3) is 0 Å². The molecular formula is C9H15F3NO6P. The van der Waals surface area contributed by atoms with E-state index in [-0.39, 0.29) is 18.1 Å². The summed E-state index contributed by atoms with van der Waals surface area (Å²) in [4.78, 5) is 30.7. The normalized spacial score (nSPS) is 14.7. The number of amides is 1. The topological polar surface area (TPSA) is 104 Å². The monoisotopic (exact) mass is 321 g/mol. The average Bonchev–Trinajstić information content (AvgIpc) is 2.29. The lowest BCUT2D eigenvalue weighted by Gasteiger charge is -2.28. The van der Waals surface area contributed by atoms with Crippen LogP contribution in [0.15, 0.2) is 0 Å². The minimum Gasteiger partial charge on any atom is -0.480 e. The first-order chi connectivity index (χ1) is 9.11. The van der Waals surface area contributed by atoms with Crippen LogP contribution >= 0.6 is 8.03 Å². The highest BCUT2D eigenvalue weighted by molar-refractivity contribution is 7.37. The van der Waals surface area contributed by atoms with Crippen LogP contribution in [0.1, 0.15) is 13.3 Å². The van der Waals surface area contributed by atoms with Crippen molar-refractivity contribution in [3.8, 4) is 0 Å². The number of carboxylic acid groups (broad SMARTS) is 1. The number of nitrogens with zero attached hydrogens (tertiary/aromatic N) is 1. The molecule has 11 heteroatoms. The van der Waals surface area contributed by atoms with E-state index in [1.165, 1.54) is 0 Å². The Balaban J connectivity index is 5.16. The number of carbonyl (C=O) groups excluding carboxylic acids is 1. The molecule has 0 aromatic rings.